The van der Waals surface area contributed by atoms with Gasteiger partial charge < -0.3 is 9.47 Å². The summed E-state index contributed by atoms with van der Waals surface area (Å²) in [6, 6.07) is 16.1. The van der Waals surface area contributed by atoms with E-state index in [9.17, 15) is 4.39 Å². The molecule has 0 bridgehead atoms. The van der Waals surface area contributed by atoms with Crippen LogP contribution in [0.5, 0.6) is 11.8 Å². The van der Waals surface area contributed by atoms with Crippen molar-refractivity contribution in [3.8, 4) is 28.7 Å². The van der Waals surface area contributed by atoms with E-state index < -0.39 is 0 Å². The Bertz CT molecular complexity index is 1590. The highest BCUT2D eigenvalue weighted by Crippen LogP contribution is 2.34. The third kappa shape index (κ3) is 3.69. The largest absolute Gasteiger partial charge is 0.481 e. The topological polar surface area (TPSA) is 75.0 Å². The maximum absolute atomic E-state index is 13.4. The number of halogens is 1. The van der Waals surface area contributed by atoms with Crippen LogP contribution in [0.15, 0.2) is 73.2 Å². The van der Waals surface area contributed by atoms with Crippen molar-refractivity contribution < 1.29 is 13.9 Å². The van der Waals surface area contributed by atoms with E-state index in [4.69, 9.17) is 14.5 Å². The van der Waals surface area contributed by atoms with Gasteiger partial charge in [-0.3, -0.25) is 9.55 Å². The van der Waals surface area contributed by atoms with Gasteiger partial charge in [-0.15, -0.1) is 0 Å². The number of ether oxygens (including phenoxy) is 2. The van der Waals surface area contributed by atoms with Crippen LogP contribution in [0, 0.1) is 5.82 Å². The Kier molecular flexibility index (Phi) is 4.99. The molecule has 6 rings (SSSR count). The van der Waals surface area contributed by atoms with Crippen LogP contribution >= 0.6 is 0 Å². The highest BCUT2D eigenvalue weighted by molar-refractivity contribution is 5.88. The second-order valence-corrected chi connectivity index (χ2v) is 8.11. The standard InChI is InChI=1S/C27H20FN5O2/c1-34-25-12-17(13-26(32-25)35-2)23-14-29-22-10-8-20(27(22)31-23)16-3-9-21-24(11-16)33(15-30-21)19-6-4-18(28)5-7-19/h3-9,11-15H,10H2,1-2H3. The third-order valence-corrected chi connectivity index (χ3v) is 6.06. The van der Waals surface area contributed by atoms with Gasteiger partial charge in [-0.25, -0.2) is 14.4 Å². The molecular formula is C27H20FN5O2. The van der Waals surface area contributed by atoms with Crippen LogP contribution in [0.1, 0.15) is 17.0 Å². The zero-order valence-corrected chi connectivity index (χ0v) is 19.1. The first-order valence-electron chi connectivity index (χ1n) is 11.0. The first-order chi connectivity index (χ1) is 17.1. The van der Waals surface area contributed by atoms with E-state index in [2.05, 4.69) is 27.1 Å². The Morgan fingerprint density at radius 3 is 2.37 bits per heavy atom. The second-order valence-electron chi connectivity index (χ2n) is 8.11. The molecule has 172 valence electrons. The molecule has 0 fully saturated rings. The van der Waals surface area contributed by atoms with Crippen molar-refractivity contribution >= 4 is 16.6 Å². The van der Waals surface area contributed by atoms with Gasteiger partial charge in [-0.1, -0.05) is 12.1 Å². The Hall–Kier alpha value is -4.59. The Morgan fingerprint density at radius 1 is 0.857 bits per heavy atom. The molecular weight excluding hydrogens is 445 g/mol. The summed E-state index contributed by atoms with van der Waals surface area (Å²) in [7, 11) is 3.13. The summed E-state index contributed by atoms with van der Waals surface area (Å²) in [5, 5.41) is 0. The molecule has 8 heteroatoms. The van der Waals surface area contributed by atoms with Crippen LogP contribution in [-0.4, -0.2) is 38.7 Å². The minimum Gasteiger partial charge on any atom is -0.481 e. The average molecular weight is 465 g/mol. The zero-order chi connectivity index (χ0) is 23.9. The second kappa shape index (κ2) is 8.32. The number of nitrogens with zero attached hydrogens (tertiary/aromatic N) is 5. The quantitative estimate of drug-likeness (QED) is 0.363. The molecule has 0 atom stereocenters. The fourth-order valence-electron chi connectivity index (χ4n) is 4.29. The first kappa shape index (κ1) is 21.0. The van der Waals surface area contributed by atoms with Gasteiger partial charge in [0.05, 0.1) is 48.5 Å². The van der Waals surface area contributed by atoms with E-state index in [-0.39, 0.29) is 5.82 Å². The zero-order valence-electron chi connectivity index (χ0n) is 19.1. The van der Waals surface area contributed by atoms with Crippen molar-refractivity contribution in [1.29, 1.82) is 0 Å². The number of allylic oxidation sites excluding steroid dienone is 1. The summed E-state index contributed by atoms with van der Waals surface area (Å²) in [5.74, 6) is 0.610. The Morgan fingerprint density at radius 2 is 1.63 bits per heavy atom. The number of hydrogen-bond acceptors (Lipinski definition) is 6. The van der Waals surface area contributed by atoms with Gasteiger partial charge in [-0.2, -0.15) is 4.98 Å². The van der Waals surface area contributed by atoms with E-state index in [1.807, 2.05) is 28.8 Å². The number of benzene rings is 2. The van der Waals surface area contributed by atoms with Crippen molar-refractivity contribution in [2.24, 2.45) is 0 Å². The fraction of sp³-hybridized carbons (Fsp3) is 0.111. The minimum atomic E-state index is -0.273. The monoisotopic (exact) mass is 465 g/mol. The smallest absolute Gasteiger partial charge is 0.216 e. The predicted octanol–water partition coefficient (Wildman–Crippen LogP) is 5.02. The summed E-state index contributed by atoms with van der Waals surface area (Å²) < 4.78 is 26.0. The van der Waals surface area contributed by atoms with Crippen molar-refractivity contribution in [2.45, 2.75) is 6.42 Å². The molecule has 0 saturated heterocycles. The number of imidazole rings is 1. The molecule has 0 amide bonds. The lowest BCUT2D eigenvalue weighted by molar-refractivity contribution is 0.365. The highest BCUT2D eigenvalue weighted by atomic mass is 19.1. The normalized spacial score (nSPS) is 12.5. The predicted molar refractivity (Wildman–Crippen MR) is 130 cm³/mol. The van der Waals surface area contributed by atoms with Gasteiger partial charge in [-0.05, 0) is 42.0 Å². The van der Waals surface area contributed by atoms with Gasteiger partial charge in [0.2, 0.25) is 11.8 Å². The van der Waals surface area contributed by atoms with Crippen molar-refractivity contribution in [2.75, 3.05) is 14.2 Å². The molecule has 3 aromatic heterocycles. The van der Waals surface area contributed by atoms with E-state index in [1.54, 1.807) is 38.9 Å². The van der Waals surface area contributed by atoms with Gasteiger partial charge in [0, 0.05) is 35.4 Å². The molecule has 0 radical (unpaired) electrons. The van der Waals surface area contributed by atoms with Crippen LogP contribution in [0.2, 0.25) is 0 Å². The van der Waals surface area contributed by atoms with Crippen molar-refractivity contribution in [1.82, 2.24) is 24.5 Å². The molecule has 0 saturated carbocycles. The summed E-state index contributed by atoms with van der Waals surface area (Å²) in [5.41, 5.74) is 7.91. The third-order valence-electron chi connectivity index (χ3n) is 6.06. The number of fused-ring (bicyclic) bond motifs is 2. The highest BCUT2D eigenvalue weighted by Gasteiger charge is 2.21. The number of hydrogen-bond donors (Lipinski definition) is 0. The lowest BCUT2D eigenvalue weighted by Crippen LogP contribution is -1.99. The molecule has 2 aromatic carbocycles. The van der Waals surface area contributed by atoms with Gasteiger partial charge in [0.15, 0.2) is 0 Å². The fourth-order valence-corrected chi connectivity index (χ4v) is 4.29. The molecule has 1 aliphatic carbocycles. The van der Waals surface area contributed by atoms with Crippen LogP contribution < -0.4 is 9.47 Å². The lowest BCUT2D eigenvalue weighted by atomic mass is 10.0. The summed E-state index contributed by atoms with van der Waals surface area (Å²) in [6.45, 7) is 0. The van der Waals surface area contributed by atoms with Gasteiger partial charge in [0.1, 0.15) is 12.1 Å². The van der Waals surface area contributed by atoms with E-state index in [0.717, 1.165) is 44.8 Å². The van der Waals surface area contributed by atoms with Crippen LogP contribution in [0.4, 0.5) is 4.39 Å². The van der Waals surface area contributed by atoms with Crippen LogP contribution in [0.25, 0.3) is 33.6 Å². The summed E-state index contributed by atoms with van der Waals surface area (Å²) in [6.07, 6.45) is 6.36. The first-order valence-corrected chi connectivity index (χ1v) is 11.0. The summed E-state index contributed by atoms with van der Waals surface area (Å²) in [4.78, 5) is 18.4. The Balaban J connectivity index is 1.42. The number of aromatic nitrogens is 5. The average Bonchev–Trinajstić information content (AvgIpc) is 3.52. The number of pyridine rings is 1. The SMILES string of the molecule is COc1cc(-c2cnc3c(n2)C(c2ccc4ncn(-c5ccc(F)cc5)c4c2)=CC3)cc(OC)n1. The van der Waals surface area contributed by atoms with E-state index >= 15 is 0 Å². The molecule has 3 heterocycles. The van der Waals surface area contributed by atoms with Crippen molar-refractivity contribution in [3.63, 3.8) is 0 Å². The summed E-state index contributed by atoms with van der Waals surface area (Å²) >= 11 is 0. The van der Waals surface area contributed by atoms with Gasteiger partial charge in [0.25, 0.3) is 0 Å². The molecule has 0 spiro atoms. The molecule has 35 heavy (non-hydrogen) atoms. The van der Waals surface area contributed by atoms with Crippen molar-refractivity contribution in [3.05, 3.63) is 96.0 Å². The maximum Gasteiger partial charge on any atom is 0.216 e. The van der Waals surface area contributed by atoms with Crippen LogP contribution in [-0.2, 0) is 6.42 Å². The maximum atomic E-state index is 13.4. The minimum absolute atomic E-state index is 0.273. The van der Waals surface area contributed by atoms with Gasteiger partial charge >= 0.3 is 0 Å². The van der Waals surface area contributed by atoms with Crippen LogP contribution in [0.3, 0.4) is 0 Å². The Labute approximate surface area is 200 Å². The molecule has 0 N–H and O–H groups in total. The molecule has 7 nitrogen and oxygen atoms in total. The van der Waals surface area contributed by atoms with E-state index in [0.29, 0.717) is 23.9 Å². The molecule has 0 aliphatic heterocycles. The number of methoxy groups -OCH3 is 2. The molecule has 0 unspecified atom stereocenters. The van der Waals surface area contributed by atoms with E-state index in [1.165, 1.54) is 12.1 Å². The number of rotatable bonds is 5. The molecule has 5 aromatic rings. The lowest BCUT2D eigenvalue weighted by Gasteiger charge is -2.10. The molecule has 1 aliphatic rings.